The van der Waals surface area contributed by atoms with Crippen molar-refractivity contribution in [2.45, 2.75) is 40.0 Å². The van der Waals surface area contributed by atoms with E-state index in [-0.39, 0.29) is 5.41 Å². The van der Waals surface area contributed by atoms with Gasteiger partial charge in [-0.15, -0.1) is 0 Å². The molecule has 0 saturated heterocycles. The molecule has 0 aliphatic rings. The van der Waals surface area contributed by atoms with Crippen molar-refractivity contribution in [3.05, 3.63) is 70.3 Å². The highest BCUT2D eigenvalue weighted by molar-refractivity contribution is 5.91. The smallest absolute Gasteiger partial charge is 0.260 e. The first-order chi connectivity index (χ1) is 12.2. The Morgan fingerprint density at radius 1 is 0.769 bits per heavy atom. The van der Waals surface area contributed by atoms with Gasteiger partial charge >= 0.3 is 11.9 Å². The lowest BCUT2D eigenvalue weighted by Gasteiger charge is -2.22. The second-order valence-corrected chi connectivity index (χ2v) is 6.92. The van der Waals surface area contributed by atoms with Gasteiger partial charge in [0.25, 0.3) is 0 Å². The molecule has 0 saturated carbocycles. The number of hydrogen-bond acceptors (Lipinski definition) is 6. The summed E-state index contributed by atoms with van der Waals surface area (Å²) in [6.45, 7) is 9.73. The van der Waals surface area contributed by atoms with Crippen molar-refractivity contribution in [3.8, 4) is 0 Å². The van der Waals surface area contributed by atoms with Crippen LogP contribution < -0.4 is 0 Å². The lowest BCUT2D eigenvalue weighted by Crippen LogP contribution is -2.17. The third-order valence-corrected chi connectivity index (χ3v) is 3.97. The maximum absolute atomic E-state index is 12.1. The zero-order valence-corrected chi connectivity index (χ0v) is 15.5. The summed E-state index contributed by atoms with van der Waals surface area (Å²) in [5, 5.41) is 8.51. The van der Waals surface area contributed by atoms with Gasteiger partial charge in [-0.25, -0.2) is 9.59 Å². The number of benzene rings is 2. The fourth-order valence-corrected chi connectivity index (χ4v) is 2.65. The van der Waals surface area contributed by atoms with Crippen LogP contribution in [0.5, 0.6) is 0 Å². The topological polar surface area (TPSA) is 71.1 Å². The molecule has 2 rings (SSSR count). The van der Waals surface area contributed by atoms with Crippen LogP contribution in [0.4, 0.5) is 0 Å². The molecule has 0 bridgehead atoms. The van der Waals surface area contributed by atoms with Crippen LogP contribution >= 0.6 is 0 Å². The summed E-state index contributed by atoms with van der Waals surface area (Å²) in [5.74, 6) is -1.51. The summed E-state index contributed by atoms with van der Waals surface area (Å²) in [6, 6.07) is 12.2. The summed E-state index contributed by atoms with van der Waals surface area (Å²) in [7, 11) is 0. The first-order valence-corrected chi connectivity index (χ1v) is 8.14. The fraction of sp³-hybridized carbons (Fsp3) is 0.300. The van der Waals surface area contributed by atoms with E-state index in [1.165, 1.54) is 0 Å². The minimum Gasteiger partial charge on any atom is -0.260 e. The predicted molar refractivity (Wildman–Crippen MR) is 94.1 cm³/mol. The van der Waals surface area contributed by atoms with Gasteiger partial charge < -0.3 is 0 Å². The lowest BCUT2D eigenvalue weighted by atomic mass is 9.82. The Morgan fingerprint density at radius 3 is 1.88 bits per heavy atom. The highest BCUT2D eigenvalue weighted by Crippen LogP contribution is 2.27. The first kappa shape index (κ1) is 19.6. The second kappa shape index (κ2) is 8.12. The van der Waals surface area contributed by atoms with E-state index in [4.69, 9.17) is 0 Å². The SMILES string of the molecule is Cc1ccccc1C(=O)OOOOC(=O)c1cccc(C(C)(C)C)c1C. The van der Waals surface area contributed by atoms with Crippen LogP contribution in [-0.4, -0.2) is 11.9 Å². The molecule has 6 heteroatoms. The molecule has 0 amide bonds. The molecule has 6 nitrogen and oxygen atoms in total. The predicted octanol–water partition coefficient (Wildman–Crippen LogP) is 4.39. The van der Waals surface area contributed by atoms with Gasteiger partial charge in [-0.2, -0.15) is 0 Å². The minimum atomic E-state index is -0.759. The standard InChI is InChI=1S/C20H22O6/c1-13-9-6-7-10-15(13)18(21)23-25-26-24-19(22)16-11-8-12-17(14(16)2)20(3,4)5/h6-12H,1-5H3. The third kappa shape index (κ3) is 4.68. The van der Waals surface area contributed by atoms with Gasteiger partial charge in [0.05, 0.1) is 11.1 Å². The maximum Gasteiger partial charge on any atom is 0.376 e. The van der Waals surface area contributed by atoms with Gasteiger partial charge in [0.1, 0.15) is 0 Å². The van der Waals surface area contributed by atoms with E-state index in [2.05, 4.69) is 40.6 Å². The molecule has 0 atom stereocenters. The molecule has 0 spiro atoms. The van der Waals surface area contributed by atoms with Crippen LogP contribution in [0.1, 0.15) is 58.2 Å². The Morgan fingerprint density at radius 2 is 1.31 bits per heavy atom. The third-order valence-electron chi connectivity index (χ3n) is 3.97. The molecule has 0 N–H and O–H groups in total. The summed E-state index contributed by atoms with van der Waals surface area (Å²) in [4.78, 5) is 33.0. The van der Waals surface area contributed by atoms with Crippen LogP contribution in [0.15, 0.2) is 42.5 Å². The molecule has 0 heterocycles. The molecule has 0 aliphatic heterocycles. The average molecular weight is 358 g/mol. The van der Waals surface area contributed by atoms with Crippen molar-refractivity contribution in [2.24, 2.45) is 0 Å². The Kier molecular flexibility index (Phi) is 6.13. The monoisotopic (exact) mass is 358 g/mol. The Hall–Kier alpha value is -2.70. The summed E-state index contributed by atoms with van der Waals surface area (Å²) < 4.78 is 0. The fourth-order valence-electron chi connectivity index (χ4n) is 2.65. The van der Waals surface area contributed by atoms with Gasteiger partial charge in [-0.1, -0.05) is 51.1 Å². The summed E-state index contributed by atoms with van der Waals surface area (Å²) in [6.07, 6.45) is 0. The molecule has 2 aromatic carbocycles. The van der Waals surface area contributed by atoms with E-state index >= 15 is 0 Å². The van der Waals surface area contributed by atoms with Crippen LogP contribution in [-0.2, 0) is 25.3 Å². The number of hydrogen-bond donors (Lipinski definition) is 0. The van der Waals surface area contributed by atoms with Crippen molar-refractivity contribution < 1.29 is 29.4 Å². The number of rotatable bonds is 5. The van der Waals surface area contributed by atoms with Crippen LogP contribution in [0.2, 0.25) is 0 Å². The van der Waals surface area contributed by atoms with E-state index in [0.717, 1.165) is 11.1 Å². The van der Waals surface area contributed by atoms with Gasteiger partial charge in [0.2, 0.25) is 0 Å². The zero-order chi connectivity index (χ0) is 19.3. The zero-order valence-electron chi connectivity index (χ0n) is 15.5. The Bertz CT molecular complexity index is 804. The number of aryl methyl sites for hydroxylation is 1. The first-order valence-electron chi connectivity index (χ1n) is 8.14. The molecule has 0 aromatic heterocycles. The maximum atomic E-state index is 12.1. The van der Waals surface area contributed by atoms with Crippen LogP contribution in [0.3, 0.4) is 0 Å². The summed E-state index contributed by atoms with van der Waals surface area (Å²) >= 11 is 0. The minimum absolute atomic E-state index is 0.124. The molecule has 0 fully saturated rings. The molecular weight excluding hydrogens is 336 g/mol. The molecule has 26 heavy (non-hydrogen) atoms. The van der Waals surface area contributed by atoms with Crippen molar-refractivity contribution in [3.63, 3.8) is 0 Å². The van der Waals surface area contributed by atoms with Crippen LogP contribution in [0.25, 0.3) is 0 Å². The normalized spacial score (nSPS) is 11.1. The molecule has 0 radical (unpaired) electrons. The van der Waals surface area contributed by atoms with Gasteiger partial charge in [0, 0.05) is 10.1 Å². The molecule has 0 aliphatic carbocycles. The lowest BCUT2D eigenvalue weighted by molar-refractivity contribution is -0.595. The van der Waals surface area contributed by atoms with Crippen molar-refractivity contribution >= 4 is 11.9 Å². The van der Waals surface area contributed by atoms with E-state index in [9.17, 15) is 9.59 Å². The van der Waals surface area contributed by atoms with E-state index in [1.807, 2.05) is 13.0 Å². The van der Waals surface area contributed by atoms with Crippen LogP contribution in [0, 0.1) is 13.8 Å². The van der Waals surface area contributed by atoms with Gasteiger partial charge in [-0.05, 0) is 48.1 Å². The highest BCUT2D eigenvalue weighted by Gasteiger charge is 2.21. The summed E-state index contributed by atoms with van der Waals surface area (Å²) in [5.41, 5.74) is 3.04. The molecule has 138 valence electrons. The number of carbonyl (C=O) groups excluding carboxylic acids is 2. The Labute approximate surface area is 152 Å². The molecule has 0 unspecified atom stereocenters. The number of carbonyl (C=O) groups is 2. The van der Waals surface area contributed by atoms with E-state index < -0.39 is 11.9 Å². The quantitative estimate of drug-likeness (QED) is 0.448. The van der Waals surface area contributed by atoms with Gasteiger partial charge in [-0.3, -0.25) is 9.78 Å². The largest absolute Gasteiger partial charge is 0.376 e. The van der Waals surface area contributed by atoms with Crippen molar-refractivity contribution in [2.75, 3.05) is 0 Å². The highest BCUT2D eigenvalue weighted by atomic mass is 17.7. The Balaban J connectivity index is 1.92. The molecule has 2 aromatic rings. The molecular formula is C20H22O6. The van der Waals surface area contributed by atoms with Crippen molar-refractivity contribution in [1.82, 2.24) is 0 Å². The van der Waals surface area contributed by atoms with E-state index in [1.54, 1.807) is 43.3 Å². The van der Waals surface area contributed by atoms with Crippen molar-refractivity contribution in [1.29, 1.82) is 0 Å². The van der Waals surface area contributed by atoms with E-state index in [0.29, 0.717) is 16.7 Å². The second-order valence-electron chi connectivity index (χ2n) is 6.92. The van der Waals surface area contributed by atoms with Gasteiger partial charge in [0.15, 0.2) is 0 Å². The average Bonchev–Trinajstić information content (AvgIpc) is 2.58.